The number of aliphatic hydroxyl groups excluding tert-OH is 1. The van der Waals surface area contributed by atoms with E-state index >= 15 is 0 Å². The van der Waals surface area contributed by atoms with Gasteiger partial charge in [-0.1, -0.05) is 18.2 Å². The smallest absolute Gasteiger partial charge is 0.259 e. The van der Waals surface area contributed by atoms with Crippen LogP contribution in [0.25, 0.3) is 10.2 Å². The third-order valence-corrected chi connectivity index (χ3v) is 7.05. The van der Waals surface area contributed by atoms with Gasteiger partial charge >= 0.3 is 0 Å². The molecular weight excluding hydrogens is 438 g/mol. The topological polar surface area (TPSA) is 91.6 Å². The number of benzene rings is 1. The van der Waals surface area contributed by atoms with E-state index in [1.165, 1.54) is 16.9 Å². The molecular formula is C25H27N3O4S. The van der Waals surface area contributed by atoms with E-state index in [-0.39, 0.29) is 12.2 Å². The van der Waals surface area contributed by atoms with E-state index in [2.05, 4.69) is 4.98 Å². The molecule has 0 radical (unpaired) electrons. The maximum absolute atomic E-state index is 12.9. The first-order chi connectivity index (χ1) is 16.2. The van der Waals surface area contributed by atoms with E-state index < -0.39 is 6.10 Å². The molecule has 0 spiro atoms. The molecule has 1 aliphatic rings. The molecule has 0 fully saturated rings. The number of thiophene rings is 1. The highest BCUT2D eigenvalue weighted by molar-refractivity contribution is 7.18. The van der Waals surface area contributed by atoms with Crippen molar-refractivity contribution in [3.05, 3.63) is 81.1 Å². The molecule has 0 bridgehead atoms. The number of H-pyrrole nitrogens is 1. The summed E-state index contributed by atoms with van der Waals surface area (Å²) in [5.41, 5.74) is 1.11. The van der Waals surface area contributed by atoms with E-state index in [1.807, 2.05) is 47.4 Å². The lowest BCUT2D eigenvalue weighted by Crippen LogP contribution is -2.35. The van der Waals surface area contributed by atoms with Gasteiger partial charge in [0.15, 0.2) is 0 Å². The Morgan fingerprint density at radius 2 is 2.00 bits per heavy atom. The fourth-order valence-corrected chi connectivity index (χ4v) is 5.64. The van der Waals surface area contributed by atoms with Gasteiger partial charge in [-0.3, -0.25) is 9.69 Å². The third kappa shape index (κ3) is 5.19. The van der Waals surface area contributed by atoms with Crippen molar-refractivity contribution in [2.75, 3.05) is 13.2 Å². The second-order valence-electron chi connectivity index (χ2n) is 8.43. The van der Waals surface area contributed by atoms with E-state index in [4.69, 9.17) is 14.1 Å². The van der Waals surface area contributed by atoms with Crippen LogP contribution in [-0.2, 0) is 25.9 Å². The number of para-hydroxylation sites is 1. The SMILES string of the molecule is O=c1[nH]c(CN(Cc2ccco2)CC(O)COc2ccccc2)nc2sc3c(c12)CCCC3. The van der Waals surface area contributed by atoms with E-state index in [0.29, 0.717) is 31.2 Å². The number of furan rings is 1. The summed E-state index contributed by atoms with van der Waals surface area (Å²) in [5.74, 6) is 2.09. The van der Waals surface area contributed by atoms with Gasteiger partial charge in [0.25, 0.3) is 5.56 Å². The Balaban J connectivity index is 1.33. The second-order valence-corrected chi connectivity index (χ2v) is 9.51. The Labute approximate surface area is 195 Å². The third-order valence-electron chi connectivity index (χ3n) is 5.86. The molecule has 0 aliphatic heterocycles. The van der Waals surface area contributed by atoms with E-state index in [9.17, 15) is 9.90 Å². The van der Waals surface area contributed by atoms with E-state index in [0.717, 1.165) is 35.2 Å². The molecule has 1 unspecified atom stereocenters. The molecule has 0 saturated heterocycles. The number of aromatic nitrogens is 2. The summed E-state index contributed by atoms with van der Waals surface area (Å²) < 4.78 is 11.2. The van der Waals surface area contributed by atoms with Crippen LogP contribution in [0.5, 0.6) is 5.75 Å². The normalized spacial score (nSPS) is 14.5. The van der Waals surface area contributed by atoms with E-state index in [1.54, 1.807) is 17.6 Å². The van der Waals surface area contributed by atoms with Crippen molar-refractivity contribution in [1.29, 1.82) is 0 Å². The zero-order valence-corrected chi connectivity index (χ0v) is 19.1. The number of fused-ring (bicyclic) bond motifs is 3. The fraction of sp³-hybridized carbons (Fsp3) is 0.360. The van der Waals surface area contributed by atoms with Crippen LogP contribution in [-0.4, -0.2) is 39.2 Å². The molecule has 0 amide bonds. The first-order valence-electron chi connectivity index (χ1n) is 11.3. The molecule has 0 saturated carbocycles. The number of rotatable bonds is 9. The van der Waals surface area contributed by atoms with Crippen molar-refractivity contribution in [1.82, 2.24) is 14.9 Å². The molecule has 172 valence electrons. The number of ether oxygens (including phenoxy) is 1. The predicted molar refractivity (Wildman–Crippen MR) is 128 cm³/mol. The summed E-state index contributed by atoms with van der Waals surface area (Å²) in [7, 11) is 0. The summed E-state index contributed by atoms with van der Waals surface area (Å²) in [5, 5.41) is 11.4. The molecule has 7 nitrogen and oxygen atoms in total. The predicted octanol–water partition coefficient (Wildman–Crippen LogP) is 3.90. The second kappa shape index (κ2) is 9.91. The summed E-state index contributed by atoms with van der Waals surface area (Å²) in [6, 6.07) is 13.2. The molecule has 33 heavy (non-hydrogen) atoms. The van der Waals surface area contributed by atoms with Gasteiger partial charge in [-0.25, -0.2) is 4.98 Å². The van der Waals surface area contributed by atoms with Crippen LogP contribution in [0.15, 0.2) is 57.9 Å². The van der Waals surface area contributed by atoms with Gasteiger partial charge in [0.05, 0.1) is 24.7 Å². The minimum absolute atomic E-state index is 0.0692. The number of nitrogens with one attached hydrogen (secondary N) is 1. The molecule has 2 N–H and O–H groups in total. The number of aliphatic hydroxyl groups is 1. The zero-order valence-electron chi connectivity index (χ0n) is 18.3. The molecule has 3 aromatic heterocycles. The summed E-state index contributed by atoms with van der Waals surface area (Å²) >= 11 is 1.64. The van der Waals surface area contributed by atoms with Crippen molar-refractivity contribution in [3.8, 4) is 5.75 Å². The highest BCUT2D eigenvalue weighted by Crippen LogP contribution is 2.33. The highest BCUT2D eigenvalue weighted by atomic mass is 32.1. The van der Waals surface area contributed by atoms with Gasteiger partial charge in [-0.2, -0.15) is 0 Å². The van der Waals surface area contributed by atoms with Crippen LogP contribution < -0.4 is 10.3 Å². The molecule has 1 atom stereocenters. The Morgan fingerprint density at radius 3 is 2.82 bits per heavy atom. The Kier molecular flexibility index (Phi) is 6.57. The number of hydrogen-bond donors (Lipinski definition) is 2. The molecule has 5 rings (SSSR count). The molecule has 8 heteroatoms. The summed E-state index contributed by atoms with van der Waals surface area (Å²) in [6.45, 7) is 1.38. The lowest BCUT2D eigenvalue weighted by molar-refractivity contribution is 0.0595. The van der Waals surface area contributed by atoms with Crippen molar-refractivity contribution in [2.45, 2.75) is 44.9 Å². The monoisotopic (exact) mass is 465 g/mol. The average Bonchev–Trinajstić information content (AvgIpc) is 3.46. The lowest BCUT2D eigenvalue weighted by atomic mass is 9.97. The Bertz CT molecular complexity index is 1250. The van der Waals surface area contributed by atoms with Crippen LogP contribution >= 0.6 is 11.3 Å². The molecule has 4 aromatic rings. The van der Waals surface area contributed by atoms with Gasteiger partial charge in [-0.15, -0.1) is 11.3 Å². The van der Waals surface area contributed by atoms with Crippen molar-refractivity contribution >= 4 is 21.6 Å². The Hall–Kier alpha value is -2.94. The van der Waals surface area contributed by atoms with Gasteiger partial charge < -0.3 is 19.2 Å². The number of nitrogens with zero attached hydrogens (tertiary/aromatic N) is 2. The largest absolute Gasteiger partial charge is 0.491 e. The maximum atomic E-state index is 12.9. The number of aromatic amines is 1. The molecule has 1 aliphatic carbocycles. The van der Waals surface area contributed by atoms with Gasteiger partial charge in [0.1, 0.15) is 34.9 Å². The van der Waals surface area contributed by atoms with Crippen LogP contribution in [0.4, 0.5) is 0 Å². The minimum Gasteiger partial charge on any atom is -0.491 e. The quantitative estimate of drug-likeness (QED) is 0.390. The fourth-order valence-electron chi connectivity index (χ4n) is 4.36. The Morgan fingerprint density at radius 1 is 1.15 bits per heavy atom. The summed E-state index contributed by atoms with van der Waals surface area (Å²) in [4.78, 5) is 24.8. The van der Waals surface area contributed by atoms with Crippen molar-refractivity contribution < 1.29 is 14.3 Å². The molecule has 3 heterocycles. The van der Waals surface area contributed by atoms with Crippen molar-refractivity contribution in [2.24, 2.45) is 0 Å². The average molecular weight is 466 g/mol. The number of aryl methyl sites for hydroxylation is 2. The van der Waals surface area contributed by atoms with Crippen LogP contribution in [0.1, 0.15) is 34.9 Å². The standard InChI is InChI=1S/C25H27N3O4S/c29-17(16-32-18-7-2-1-3-8-18)13-28(14-19-9-6-12-31-19)15-22-26-24(30)23-20-10-4-5-11-21(20)33-25(23)27-22/h1-3,6-9,12,17,29H,4-5,10-11,13-16H2,(H,26,27,30). The van der Waals surface area contributed by atoms with Gasteiger partial charge in [0.2, 0.25) is 0 Å². The lowest BCUT2D eigenvalue weighted by Gasteiger charge is -2.24. The van der Waals surface area contributed by atoms with Gasteiger partial charge in [0, 0.05) is 11.4 Å². The zero-order chi connectivity index (χ0) is 22.6. The molecule has 1 aromatic carbocycles. The van der Waals surface area contributed by atoms with Crippen molar-refractivity contribution in [3.63, 3.8) is 0 Å². The highest BCUT2D eigenvalue weighted by Gasteiger charge is 2.21. The maximum Gasteiger partial charge on any atom is 0.259 e. The first-order valence-corrected chi connectivity index (χ1v) is 12.1. The first kappa shape index (κ1) is 21.9. The van der Waals surface area contributed by atoms with Gasteiger partial charge in [-0.05, 0) is 55.5 Å². The number of hydrogen-bond acceptors (Lipinski definition) is 7. The summed E-state index contributed by atoms with van der Waals surface area (Å²) in [6.07, 6.45) is 5.19. The minimum atomic E-state index is -0.718. The van der Waals surface area contributed by atoms with Crippen LogP contribution in [0, 0.1) is 0 Å². The van der Waals surface area contributed by atoms with Crippen LogP contribution in [0.3, 0.4) is 0 Å². The van der Waals surface area contributed by atoms with Crippen LogP contribution in [0.2, 0.25) is 0 Å².